The Morgan fingerprint density at radius 3 is 2.59 bits per heavy atom. The predicted molar refractivity (Wildman–Crippen MR) is 58.9 cm³/mol. The molecule has 1 atom stereocenters. The fourth-order valence-electron chi connectivity index (χ4n) is 2.11. The third kappa shape index (κ3) is 2.76. The van der Waals surface area contributed by atoms with Gasteiger partial charge in [-0.05, 0) is 12.8 Å². The van der Waals surface area contributed by atoms with Crippen LogP contribution in [0.4, 0.5) is 0 Å². The molecule has 1 saturated heterocycles. The molecule has 0 aromatic rings. The molecule has 2 amide bonds. The van der Waals surface area contributed by atoms with Crippen LogP contribution in [0.1, 0.15) is 19.3 Å². The first-order valence-corrected chi connectivity index (χ1v) is 5.97. The van der Waals surface area contributed by atoms with E-state index in [2.05, 4.69) is 5.32 Å². The van der Waals surface area contributed by atoms with E-state index in [0.29, 0.717) is 12.6 Å². The lowest BCUT2D eigenvalue weighted by Crippen LogP contribution is -2.43. The summed E-state index contributed by atoms with van der Waals surface area (Å²) >= 11 is 0. The average molecular weight is 242 g/mol. The van der Waals surface area contributed by atoms with Crippen LogP contribution in [-0.2, 0) is 9.59 Å². The minimum absolute atomic E-state index is 0.0391. The molecule has 1 heterocycles. The van der Waals surface area contributed by atoms with Crippen LogP contribution in [0.25, 0.3) is 0 Å². The first kappa shape index (κ1) is 12.3. The molecule has 96 valence electrons. The van der Waals surface area contributed by atoms with E-state index < -0.39 is 6.04 Å². The quantitative estimate of drug-likeness (QED) is 0.545. The van der Waals surface area contributed by atoms with Crippen LogP contribution in [0.3, 0.4) is 0 Å². The number of hydrogen-bond donors (Lipinski definition) is 3. The Kier molecular flexibility index (Phi) is 3.63. The van der Waals surface area contributed by atoms with Gasteiger partial charge in [0, 0.05) is 19.0 Å². The molecule has 2 rings (SSSR count). The Bertz CT molecular complexity index is 313. The second-order valence-electron chi connectivity index (χ2n) is 4.75. The molecule has 1 unspecified atom stereocenters. The molecule has 17 heavy (non-hydrogen) atoms. The van der Waals surface area contributed by atoms with Crippen LogP contribution in [0, 0.1) is 5.92 Å². The van der Waals surface area contributed by atoms with E-state index in [1.54, 1.807) is 4.90 Å². The van der Waals surface area contributed by atoms with Gasteiger partial charge in [0.05, 0.1) is 25.2 Å². The maximum absolute atomic E-state index is 11.8. The molecule has 0 aromatic carbocycles. The zero-order valence-electron chi connectivity index (χ0n) is 9.63. The molecule has 6 nitrogen and oxygen atoms in total. The summed E-state index contributed by atoms with van der Waals surface area (Å²) in [7, 11) is 0. The van der Waals surface area contributed by atoms with Crippen LogP contribution < -0.4 is 5.32 Å². The number of aliphatic hydroxyl groups excluding tert-OH is 2. The highest BCUT2D eigenvalue weighted by Gasteiger charge is 2.41. The summed E-state index contributed by atoms with van der Waals surface area (Å²) in [6.45, 7) is -0.122. The van der Waals surface area contributed by atoms with Crippen molar-refractivity contribution in [1.82, 2.24) is 10.2 Å². The summed E-state index contributed by atoms with van der Waals surface area (Å²) in [6.07, 6.45) is 2.32. The van der Waals surface area contributed by atoms with Crippen LogP contribution in [0.2, 0.25) is 0 Å². The standard InChI is InChI=1S/C11H18N2O4/c14-5-8(6-15)12-11(17)7-3-10(16)13(4-7)9-1-2-9/h7-9,14-15H,1-6H2,(H,12,17). The average Bonchev–Trinajstić information content (AvgIpc) is 3.09. The first-order chi connectivity index (χ1) is 8.15. The number of aliphatic hydroxyl groups is 2. The largest absolute Gasteiger partial charge is 0.394 e. The van der Waals surface area contributed by atoms with E-state index in [-0.39, 0.29) is 37.4 Å². The zero-order valence-corrected chi connectivity index (χ0v) is 9.63. The minimum Gasteiger partial charge on any atom is -0.394 e. The summed E-state index contributed by atoms with van der Waals surface area (Å²) < 4.78 is 0. The molecule has 0 bridgehead atoms. The Hall–Kier alpha value is -1.14. The minimum atomic E-state index is -0.632. The molecular formula is C11H18N2O4. The Balaban J connectivity index is 1.86. The molecule has 1 aliphatic heterocycles. The molecule has 0 spiro atoms. The summed E-state index contributed by atoms with van der Waals surface area (Å²) in [4.78, 5) is 25.2. The SMILES string of the molecule is O=C(NC(CO)CO)C1CC(=O)N(C2CC2)C1. The molecule has 2 aliphatic rings. The van der Waals surface area contributed by atoms with Gasteiger partial charge in [0.15, 0.2) is 0 Å². The first-order valence-electron chi connectivity index (χ1n) is 5.97. The maximum Gasteiger partial charge on any atom is 0.225 e. The number of amides is 2. The lowest BCUT2D eigenvalue weighted by atomic mass is 10.1. The van der Waals surface area contributed by atoms with E-state index in [1.807, 2.05) is 0 Å². The molecular weight excluding hydrogens is 224 g/mol. The van der Waals surface area contributed by atoms with E-state index in [4.69, 9.17) is 10.2 Å². The highest BCUT2D eigenvalue weighted by molar-refractivity contribution is 5.89. The van der Waals surface area contributed by atoms with Crippen molar-refractivity contribution in [3.05, 3.63) is 0 Å². The summed E-state index contributed by atoms with van der Waals surface area (Å²) in [5.41, 5.74) is 0. The van der Waals surface area contributed by atoms with Gasteiger partial charge in [0.2, 0.25) is 11.8 Å². The summed E-state index contributed by atoms with van der Waals surface area (Å²) in [5.74, 6) is -0.560. The highest BCUT2D eigenvalue weighted by atomic mass is 16.3. The molecule has 3 N–H and O–H groups in total. The van der Waals surface area contributed by atoms with Crippen LogP contribution in [0.5, 0.6) is 0 Å². The Morgan fingerprint density at radius 1 is 1.41 bits per heavy atom. The smallest absolute Gasteiger partial charge is 0.225 e. The van der Waals surface area contributed by atoms with E-state index in [0.717, 1.165) is 12.8 Å². The van der Waals surface area contributed by atoms with Crippen molar-refractivity contribution < 1.29 is 19.8 Å². The molecule has 1 aliphatic carbocycles. The number of rotatable bonds is 5. The summed E-state index contributed by atoms with van der Waals surface area (Å²) in [5, 5.41) is 20.3. The van der Waals surface area contributed by atoms with Gasteiger partial charge in [-0.3, -0.25) is 9.59 Å². The fourth-order valence-corrected chi connectivity index (χ4v) is 2.11. The van der Waals surface area contributed by atoms with E-state index in [9.17, 15) is 9.59 Å². The van der Waals surface area contributed by atoms with Crippen molar-refractivity contribution in [1.29, 1.82) is 0 Å². The Morgan fingerprint density at radius 2 is 2.06 bits per heavy atom. The molecule has 2 fully saturated rings. The van der Waals surface area contributed by atoms with Crippen LogP contribution in [0.15, 0.2) is 0 Å². The van der Waals surface area contributed by atoms with Crippen molar-refractivity contribution in [2.24, 2.45) is 5.92 Å². The summed E-state index contributed by atoms with van der Waals surface area (Å²) in [6, 6.07) is -0.292. The highest BCUT2D eigenvalue weighted by Crippen LogP contribution is 2.32. The molecule has 0 aromatic heterocycles. The number of carbonyl (C=O) groups is 2. The van der Waals surface area contributed by atoms with Gasteiger partial charge in [-0.2, -0.15) is 0 Å². The van der Waals surface area contributed by atoms with Crippen molar-refractivity contribution in [2.45, 2.75) is 31.3 Å². The number of carbonyl (C=O) groups excluding carboxylic acids is 2. The monoisotopic (exact) mass is 242 g/mol. The molecule has 0 radical (unpaired) electrons. The fraction of sp³-hybridized carbons (Fsp3) is 0.818. The van der Waals surface area contributed by atoms with Crippen molar-refractivity contribution >= 4 is 11.8 Å². The van der Waals surface area contributed by atoms with E-state index >= 15 is 0 Å². The van der Waals surface area contributed by atoms with Gasteiger partial charge in [-0.1, -0.05) is 0 Å². The predicted octanol–water partition coefficient (Wildman–Crippen LogP) is -1.53. The van der Waals surface area contributed by atoms with Gasteiger partial charge in [-0.15, -0.1) is 0 Å². The van der Waals surface area contributed by atoms with Gasteiger partial charge in [-0.25, -0.2) is 0 Å². The molecule has 6 heteroatoms. The van der Waals surface area contributed by atoms with E-state index in [1.165, 1.54) is 0 Å². The van der Waals surface area contributed by atoms with Gasteiger partial charge < -0.3 is 20.4 Å². The number of nitrogens with one attached hydrogen (secondary N) is 1. The maximum atomic E-state index is 11.8. The second-order valence-corrected chi connectivity index (χ2v) is 4.75. The third-order valence-electron chi connectivity index (χ3n) is 3.30. The number of nitrogens with zero attached hydrogens (tertiary/aromatic N) is 1. The van der Waals surface area contributed by atoms with Crippen molar-refractivity contribution in [3.63, 3.8) is 0 Å². The van der Waals surface area contributed by atoms with Crippen LogP contribution in [-0.4, -0.2) is 58.8 Å². The lowest BCUT2D eigenvalue weighted by molar-refractivity contribution is -0.129. The topological polar surface area (TPSA) is 89.9 Å². The van der Waals surface area contributed by atoms with Crippen molar-refractivity contribution in [3.8, 4) is 0 Å². The second kappa shape index (κ2) is 5.01. The lowest BCUT2D eigenvalue weighted by Gasteiger charge is -2.17. The van der Waals surface area contributed by atoms with Gasteiger partial charge >= 0.3 is 0 Å². The normalized spacial score (nSPS) is 24.5. The van der Waals surface area contributed by atoms with Gasteiger partial charge in [0.25, 0.3) is 0 Å². The van der Waals surface area contributed by atoms with Crippen molar-refractivity contribution in [2.75, 3.05) is 19.8 Å². The zero-order chi connectivity index (χ0) is 12.4. The van der Waals surface area contributed by atoms with Crippen LogP contribution >= 0.6 is 0 Å². The Labute approximate surface area is 99.6 Å². The number of likely N-dealkylation sites (tertiary alicyclic amines) is 1. The van der Waals surface area contributed by atoms with Gasteiger partial charge in [0.1, 0.15) is 0 Å². The number of hydrogen-bond acceptors (Lipinski definition) is 4. The third-order valence-corrected chi connectivity index (χ3v) is 3.30. The molecule has 1 saturated carbocycles.